The fourth-order valence-electron chi connectivity index (χ4n) is 3.13. The first-order valence-electron chi connectivity index (χ1n) is 7.95. The van der Waals surface area contributed by atoms with Crippen molar-refractivity contribution in [3.8, 4) is 0 Å². The minimum atomic E-state index is 0.482. The van der Waals surface area contributed by atoms with Crippen LogP contribution in [0.2, 0.25) is 0 Å². The van der Waals surface area contributed by atoms with Crippen LogP contribution in [0.4, 0.5) is 0 Å². The quantitative estimate of drug-likeness (QED) is 0.685. The van der Waals surface area contributed by atoms with Crippen molar-refractivity contribution in [2.24, 2.45) is 0 Å². The molecule has 0 aliphatic carbocycles. The zero-order valence-electron chi connectivity index (χ0n) is 12.6. The molecule has 2 aliphatic heterocycles. The summed E-state index contributed by atoms with van der Waals surface area (Å²) in [6, 6.07) is 0.637. The Morgan fingerprint density at radius 1 is 1.26 bits per heavy atom. The van der Waals surface area contributed by atoms with Gasteiger partial charge in [-0.25, -0.2) is 0 Å². The normalized spacial score (nSPS) is 30.6. The molecule has 4 heteroatoms. The molecule has 0 aromatic carbocycles. The van der Waals surface area contributed by atoms with Crippen molar-refractivity contribution in [3.05, 3.63) is 0 Å². The summed E-state index contributed by atoms with van der Waals surface area (Å²) in [5.41, 5.74) is 0. The van der Waals surface area contributed by atoms with Gasteiger partial charge < -0.3 is 9.47 Å². The van der Waals surface area contributed by atoms with E-state index in [-0.39, 0.29) is 0 Å². The van der Waals surface area contributed by atoms with Crippen LogP contribution in [0.25, 0.3) is 0 Å². The van der Waals surface area contributed by atoms with E-state index in [1.54, 1.807) is 0 Å². The van der Waals surface area contributed by atoms with Gasteiger partial charge in [-0.3, -0.25) is 9.80 Å². The number of hydrogen-bond acceptors (Lipinski definition) is 4. The second kappa shape index (κ2) is 8.20. The standard InChI is InChI=1S/C15H30N2O2/c1-3-18-11-9-17-8-7-16(12-14(17)2)13-15-6-4-5-10-19-15/h14-15H,3-13H2,1-2H3/t14-,15+/m0/s1. The van der Waals surface area contributed by atoms with Gasteiger partial charge in [0.15, 0.2) is 0 Å². The number of nitrogens with zero attached hydrogens (tertiary/aromatic N) is 2. The average molecular weight is 270 g/mol. The van der Waals surface area contributed by atoms with Crippen LogP contribution in [-0.4, -0.2) is 74.5 Å². The maximum atomic E-state index is 5.85. The van der Waals surface area contributed by atoms with E-state index < -0.39 is 0 Å². The molecular formula is C15H30N2O2. The summed E-state index contributed by atoms with van der Waals surface area (Å²) < 4.78 is 11.3. The van der Waals surface area contributed by atoms with Crippen LogP contribution >= 0.6 is 0 Å². The number of hydrogen-bond donors (Lipinski definition) is 0. The highest BCUT2D eigenvalue weighted by molar-refractivity contribution is 4.81. The van der Waals surface area contributed by atoms with Crippen molar-refractivity contribution in [1.82, 2.24) is 9.80 Å². The van der Waals surface area contributed by atoms with Gasteiger partial charge in [-0.1, -0.05) is 0 Å². The molecule has 2 atom stereocenters. The molecule has 19 heavy (non-hydrogen) atoms. The fraction of sp³-hybridized carbons (Fsp3) is 1.00. The number of ether oxygens (including phenoxy) is 2. The molecular weight excluding hydrogens is 240 g/mol. The van der Waals surface area contributed by atoms with Crippen molar-refractivity contribution in [2.45, 2.75) is 45.3 Å². The maximum absolute atomic E-state index is 5.85. The van der Waals surface area contributed by atoms with E-state index in [0.717, 1.165) is 32.9 Å². The molecule has 0 amide bonds. The van der Waals surface area contributed by atoms with Crippen molar-refractivity contribution in [2.75, 3.05) is 52.5 Å². The van der Waals surface area contributed by atoms with Crippen molar-refractivity contribution >= 4 is 0 Å². The molecule has 2 saturated heterocycles. The molecule has 0 saturated carbocycles. The van der Waals surface area contributed by atoms with E-state index in [1.165, 1.54) is 38.9 Å². The molecule has 0 bridgehead atoms. The Kier molecular flexibility index (Phi) is 6.57. The molecule has 0 unspecified atom stereocenters. The Bertz CT molecular complexity index is 244. The first-order valence-corrected chi connectivity index (χ1v) is 7.95. The first-order chi connectivity index (χ1) is 9.29. The van der Waals surface area contributed by atoms with E-state index in [0.29, 0.717) is 12.1 Å². The SMILES string of the molecule is CCOCCN1CCN(C[C@H]2CCCCO2)C[C@@H]1C. The van der Waals surface area contributed by atoms with Crippen LogP contribution in [0.15, 0.2) is 0 Å². The summed E-state index contributed by atoms with van der Waals surface area (Å²) in [4.78, 5) is 5.13. The van der Waals surface area contributed by atoms with Gasteiger partial charge in [0.1, 0.15) is 0 Å². The van der Waals surface area contributed by atoms with Crippen LogP contribution in [0.5, 0.6) is 0 Å². The highest BCUT2D eigenvalue weighted by Gasteiger charge is 2.25. The van der Waals surface area contributed by atoms with Crippen LogP contribution in [0.3, 0.4) is 0 Å². The van der Waals surface area contributed by atoms with Crippen LogP contribution < -0.4 is 0 Å². The van der Waals surface area contributed by atoms with Gasteiger partial charge in [-0.2, -0.15) is 0 Å². The first kappa shape index (κ1) is 15.2. The molecule has 0 radical (unpaired) electrons. The van der Waals surface area contributed by atoms with Gasteiger partial charge in [0.05, 0.1) is 12.7 Å². The highest BCUT2D eigenvalue weighted by atomic mass is 16.5. The predicted molar refractivity (Wildman–Crippen MR) is 77.6 cm³/mol. The Balaban J connectivity index is 1.66. The van der Waals surface area contributed by atoms with Crippen LogP contribution in [0.1, 0.15) is 33.1 Å². The third-order valence-corrected chi connectivity index (χ3v) is 4.31. The smallest absolute Gasteiger partial charge is 0.0702 e. The summed E-state index contributed by atoms with van der Waals surface area (Å²) in [7, 11) is 0. The fourth-order valence-corrected chi connectivity index (χ4v) is 3.13. The Labute approximate surface area is 118 Å². The highest BCUT2D eigenvalue weighted by Crippen LogP contribution is 2.16. The van der Waals surface area contributed by atoms with Gasteiger partial charge in [0.2, 0.25) is 0 Å². The largest absolute Gasteiger partial charge is 0.380 e. The van der Waals surface area contributed by atoms with Crippen molar-refractivity contribution in [1.29, 1.82) is 0 Å². The zero-order valence-corrected chi connectivity index (χ0v) is 12.6. The second-order valence-corrected chi connectivity index (χ2v) is 5.83. The third kappa shape index (κ3) is 5.03. The lowest BCUT2D eigenvalue weighted by Gasteiger charge is -2.41. The van der Waals surface area contributed by atoms with Crippen molar-refractivity contribution < 1.29 is 9.47 Å². The van der Waals surface area contributed by atoms with E-state index in [2.05, 4.69) is 23.6 Å². The second-order valence-electron chi connectivity index (χ2n) is 5.83. The summed E-state index contributed by atoms with van der Waals surface area (Å²) in [6.07, 6.45) is 4.32. The van der Waals surface area contributed by atoms with Gasteiger partial charge in [-0.15, -0.1) is 0 Å². The maximum Gasteiger partial charge on any atom is 0.0702 e. The number of piperazine rings is 1. The minimum Gasteiger partial charge on any atom is -0.380 e. The summed E-state index contributed by atoms with van der Waals surface area (Å²) in [6.45, 7) is 12.8. The topological polar surface area (TPSA) is 24.9 Å². The molecule has 112 valence electrons. The lowest BCUT2D eigenvalue weighted by Crippen LogP contribution is -2.54. The molecule has 2 fully saturated rings. The molecule has 0 spiro atoms. The average Bonchev–Trinajstić information content (AvgIpc) is 2.43. The third-order valence-electron chi connectivity index (χ3n) is 4.31. The van der Waals surface area contributed by atoms with Gasteiger partial charge >= 0.3 is 0 Å². The zero-order chi connectivity index (χ0) is 13.5. The Hall–Kier alpha value is -0.160. The van der Waals surface area contributed by atoms with Crippen LogP contribution in [0, 0.1) is 0 Å². The van der Waals surface area contributed by atoms with E-state index in [1.807, 2.05) is 0 Å². The van der Waals surface area contributed by atoms with E-state index >= 15 is 0 Å². The summed E-state index contributed by atoms with van der Waals surface area (Å²) in [5.74, 6) is 0. The summed E-state index contributed by atoms with van der Waals surface area (Å²) >= 11 is 0. The Morgan fingerprint density at radius 2 is 2.16 bits per heavy atom. The van der Waals surface area contributed by atoms with Crippen molar-refractivity contribution in [3.63, 3.8) is 0 Å². The molecule has 4 nitrogen and oxygen atoms in total. The van der Waals surface area contributed by atoms with Crippen LogP contribution in [-0.2, 0) is 9.47 Å². The Morgan fingerprint density at radius 3 is 2.84 bits per heavy atom. The van der Waals surface area contributed by atoms with Gasteiger partial charge in [0, 0.05) is 52.0 Å². The predicted octanol–water partition coefficient (Wildman–Crippen LogP) is 1.60. The lowest BCUT2D eigenvalue weighted by atomic mass is 10.1. The minimum absolute atomic E-state index is 0.482. The monoisotopic (exact) mass is 270 g/mol. The van der Waals surface area contributed by atoms with Gasteiger partial charge in [0.25, 0.3) is 0 Å². The lowest BCUT2D eigenvalue weighted by molar-refractivity contribution is -0.0236. The summed E-state index contributed by atoms with van der Waals surface area (Å²) in [5, 5.41) is 0. The molecule has 2 heterocycles. The molecule has 2 aliphatic rings. The van der Waals surface area contributed by atoms with E-state index in [4.69, 9.17) is 9.47 Å². The molecule has 0 aromatic rings. The van der Waals surface area contributed by atoms with E-state index in [9.17, 15) is 0 Å². The molecule has 0 N–H and O–H groups in total. The number of rotatable bonds is 6. The van der Waals surface area contributed by atoms with Gasteiger partial charge in [-0.05, 0) is 33.1 Å². The molecule has 2 rings (SSSR count). The molecule has 0 aromatic heterocycles.